The van der Waals surface area contributed by atoms with Crippen LogP contribution in [0.1, 0.15) is 11.3 Å². The maximum Gasteiger partial charge on any atom is 0.263 e. The molecule has 0 aliphatic rings. The number of nitrogens with zero attached hydrogens (tertiary/aromatic N) is 5. The summed E-state index contributed by atoms with van der Waals surface area (Å²) in [5, 5.41) is 1.39. The number of hydrogen-bond acceptors (Lipinski definition) is 7. The topological polar surface area (TPSA) is 91.4 Å². The molecule has 0 aliphatic carbocycles. The molecule has 10 heteroatoms. The van der Waals surface area contributed by atoms with Gasteiger partial charge in [-0.2, -0.15) is 0 Å². The van der Waals surface area contributed by atoms with Gasteiger partial charge in [0.25, 0.3) is 11.1 Å². The Morgan fingerprint density at radius 2 is 1.88 bits per heavy atom. The number of pyridine rings is 2. The third-order valence-corrected chi connectivity index (χ3v) is 6.45. The second kappa shape index (κ2) is 9.28. The molecule has 1 aromatic carbocycles. The molecule has 0 bridgehead atoms. The second-order valence-electron chi connectivity index (χ2n) is 7.46. The van der Waals surface area contributed by atoms with Crippen molar-refractivity contribution in [1.82, 2.24) is 23.9 Å². The van der Waals surface area contributed by atoms with E-state index in [1.807, 2.05) is 24.3 Å². The van der Waals surface area contributed by atoms with Gasteiger partial charge < -0.3 is 4.74 Å². The van der Waals surface area contributed by atoms with Crippen molar-refractivity contribution in [3.8, 4) is 5.75 Å². The van der Waals surface area contributed by atoms with Crippen molar-refractivity contribution < 1.29 is 4.74 Å². The summed E-state index contributed by atoms with van der Waals surface area (Å²) < 4.78 is 8.24. The van der Waals surface area contributed by atoms with Crippen LogP contribution in [-0.2, 0) is 12.3 Å². The zero-order valence-electron chi connectivity index (χ0n) is 18.0. The van der Waals surface area contributed by atoms with E-state index < -0.39 is 0 Å². The van der Waals surface area contributed by atoms with Crippen molar-refractivity contribution in [2.24, 2.45) is 0 Å². The largest absolute Gasteiger partial charge is 0.497 e. The lowest BCUT2D eigenvalue weighted by Crippen LogP contribution is -2.24. The van der Waals surface area contributed by atoms with Crippen LogP contribution in [0.25, 0.3) is 16.7 Å². The van der Waals surface area contributed by atoms with Crippen molar-refractivity contribution in [3.63, 3.8) is 0 Å². The lowest BCUT2D eigenvalue weighted by atomic mass is 10.2. The Morgan fingerprint density at radius 1 is 1.06 bits per heavy atom. The molecular weight excluding hydrogens is 474 g/mol. The van der Waals surface area contributed by atoms with E-state index in [4.69, 9.17) is 16.3 Å². The van der Waals surface area contributed by atoms with E-state index in [0.29, 0.717) is 44.9 Å². The Bertz CT molecular complexity index is 1630. The molecule has 0 atom stereocenters. The number of halogens is 1. The van der Waals surface area contributed by atoms with Gasteiger partial charge in [-0.3, -0.25) is 18.6 Å². The number of hydrogen-bond donors (Lipinski definition) is 0. The zero-order valence-corrected chi connectivity index (χ0v) is 19.6. The SMILES string of the molecule is COc1ccc(Cn2c(SCc3cc(=O)n4cc(Cl)ccc4n3)nc3ncccc3c2=O)cc1. The third kappa shape index (κ3) is 4.40. The minimum absolute atomic E-state index is 0.183. The molecule has 34 heavy (non-hydrogen) atoms. The fourth-order valence-corrected chi connectivity index (χ4v) is 4.58. The maximum absolute atomic E-state index is 13.3. The first kappa shape index (κ1) is 22.1. The smallest absolute Gasteiger partial charge is 0.263 e. The molecule has 0 spiro atoms. The van der Waals surface area contributed by atoms with E-state index in [1.54, 1.807) is 42.1 Å². The molecule has 0 aliphatic heterocycles. The van der Waals surface area contributed by atoms with E-state index in [1.165, 1.54) is 28.4 Å². The van der Waals surface area contributed by atoms with Crippen LogP contribution < -0.4 is 15.9 Å². The second-order valence-corrected chi connectivity index (χ2v) is 8.84. The summed E-state index contributed by atoms with van der Waals surface area (Å²) >= 11 is 7.32. The van der Waals surface area contributed by atoms with Gasteiger partial charge >= 0.3 is 0 Å². The molecule has 170 valence electrons. The summed E-state index contributed by atoms with van der Waals surface area (Å²) in [6, 6.07) is 15.8. The molecule has 0 saturated carbocycles. The molecule has 8 nitrogen and oxygen atoms in total. The average molecular weight is 492 g/mol. The summed E-state index contributed by atoms with van der Waals surface area (Å²) in [6.07, 6.45) is 3.14. The lowest BCUT2D eigenvalue weighted by Gasteiger charge is -2.13. The molecule has 0 unspecified atom stereocenters. The number of rotatable bonds is 6. The molecule has 4 aromatic heterocycles. The van der Waals surface area contributed by atoms with E-state index in [-0.39, 0.29) is 11.1 Å². The van der Waals surface area contributed by atoms with Gasteiger partial charge in [-0.25, -0.2) is 15.0 Å². The fraction of sp³-hybridized carbons (Fsp3) is 0.125. The summed E-state index contributed by atoms with van der Waals surface area (Å²) in [5.74, 6) is 1.09. The molecule has 5 rings (SSSR count). The predicted octanol–water partition coefficient (Wildman–Crippen LogP) is 3.80. The van der Waals surface area contributed by atoms with Crippen molar-refractivity contribution in [3.05, 3.63) is 104 Å². The van der Waals surface area contributed by atoms with Crippen molar-refractivity contribution >= 4 is 40.0 Å². The van der Waals surface area contributed by atoms with Gasteiger partial charge in [0.2, 0.25) is 0 Å². The number of aromatic nitrogens is 5. The van der Waals surface area contributed by atoms with Gasteiger partial charge in [-0.05, 0) is 42.0 Å². The van der Waals surface area contributed by atoms with E-state index in [2.05, 4.69) is 15.0 Å². The highest BCUT2D eigenvalue weighted by Gasteiger charge is 2.14. The summed E-state index contributed by atoms with van der Waals surface area (Å²) in [6.45, 7) is 0.329. The molecule has 4 heterocycles. The Kier molecular flexibility index (Phi) is 6.04. The highest BCUT2D eigenvalue weighted by atomic mass is 35.5. The number of fused-ring (bicyclic) bond motifs is 2. The van der Waals surface area contributed by atoms with Gasteiger partial charge in [0.1, 0.15) is 11.4 Å². The van der Waals surface area contributed by atoms with Gasteiger partial charge in [0, 0.05) is 24.2 Å². The predicted molar refractivity (Wildman–Crippen MR) is 132 cm³/mol. The van der Waals surface area contributed by atoms with Crippen LogP contribution in [0.15, 0.2) is 81.7 Å². The monoisotopic (exact) mass is 491 g/mol. The van der Waals surface area contributed by atoms with Crippen LogP contribution in [0.5, 0.6) is 5.75 Å². The Balaban J connectivity index is 1.52. The number of benzene rings is 1. The Hall–Kier alpha value is -3.69. The minimum Gasteiger partial charge on any atom is -0.497 e. The molecule has 0 fully saturated rings. The van der Waals surface area contributed by atoms with Crippen molar-refractivity contribution in [2.75, 3.05) is 7.11 Å². The highest BCUT2D eigenvalue weighted by molar-refractivity contribution is 7.98. The number of methoxy groups -OCH3 is 1. The Morgan fingerprint density at radius 3 is 2.68 bits per heavy atom. The van der Waals surface area contributed by atoms with Crippen LogP contribution in [-0.4, -0.2) is 31.0 Å². The van der Waals surface area contributed by atoms with Crippen molar-refractivity contribution in [2.45, 2.75) is 17.5 Å². The van der Waals surface area contributed by atoms with Crippen LogP contribution in [0.2, 0.25) is 5.02 Å². The summed E-state index contributed by atoms with van der Waals surface area (Å²) in [5.41, 5.74) is 1.96. The lowest BCUT2D eigenvalue weighted by molar-refractivity contribution is 0.414. The molecular formula is C24H18ClN5O3S. The first-order valence-corrected chi connectivity index (χ1v) is 11.7. The first-order valence-electron chi connectivity index (χ1n) is 10.3. The third-order valence-electron chi connectivity index (χ3n) is 5.22. The number of ether oxygens (including phenoxy) is 1. The fourth-order valence-electron chi connectivity index (χ4n) is 3.54. The minimum atomic E-state index is -0.230. The maximum atomic E-state index is 13.3. The van der Waals surface area contributed by atoms with Gasteiger partial charge in [-0.15, -0.1) is 0 Å². The molecule has 0 saturated heterocycles. The van der Waals surface area contributed by atoms with Crippen LogP contribution in [0, 0.1) is 0 Å². The van der Waals surface area contributed by atoms with E-state index >= 15 is 0 Å². The standard InChI is InChI=1S/C24H18ClN5O3S/c1-33-18-7-4-15(5-8-18)12-30-23(32)19-3-2-10-26-22(19)28-24(30)34-14-17-11-21(31)29-13-16(25)6-9-20(29)27-17/h2-11,13H,12,14H2,1H3. The summed E-state index contributed by atoms with van der Waals surface area (Å²) in [7, 11) is 1.61. The molecule has 0 N–H and O–H groups in total. The van der Waals surface area contributed by atoms with Crippen LogP contribution in [0.4, 0.5) is 0 Å². The quantitative estimate of drug-likeness (QED) is 0.263. The molecule has 5 aromatic rings. The van der Waals surface area contributed by atoms with Crippen LogP contribution >= 0.6 is 23.4 Å². The van der Waals surface area contributed by atoms with Crippen molar-refractivity contribution in [1.29, 1.82) is 0 Å². The van der Waals surface area contributed by atoms with Gasteiger partial charge in [0.15, 0.2) is 10.8 Å². The first-order chi connectivity index (χ1) is 16.5. The van der Waals surface area contributed by atoms with Gasteiger partial charge in [-0.1, -0.05) is 35.5 Å². The average Bonchev–Trinajstić information content (AvgIpc) is 2.85. The van der Waals surface area contributed by atoms with E-state index in [9.17, 15) is 9.59 Å². The highest BCUT2D eigenvalue weighted by Crippen LogP contribution is 2.22. The molecule has 0 radical (unpaired) electrons. The van der Waals surface area contributed by atoms with Gasteiger partial charge in [0.05, 0.1) is 29.8 Å². The zero-order chi connectivity index (χ0) is 23.7. The normalized spacial score (nSPS) is 11.2. The Labute approximate surface area is 202 Å². The van der Waals surface area contributed by atoms with Crippen LogP contribution in [0.3, 0.4) is 0 Å². The van der Waals surface area contributed by atoms with E-state index in [0.717, 1.165) is 11.3 Å². The summed E-state index contributed by atoms with van der Waals surface area (Å²) in [4.78, 5) is 39.3. The molecule has 0 amide bonds. The number of thioether (sulfide) groups is 1.